The topological polar surface area (TPSA) is 72.8 Å². The molecule has 25 heavy (non-hydrogen) atoms. The van der Waals surface area contributed by atoms with Crippen molar-refractivity contribution >= 4 is 22.7 Å². The van der Waals surface area contributed by atoms with E-state index in [4.69, 9.17) is 5.10 Å². The van der Waals surface area contributed by atoms with E-state index in [2.05, 4.69) is 18.8 Å². The highest BCUT2D eigenvalue weighted by Gasteiger charge is 2.11. The highest BCUT2D eigenvalue weighted by Crippen LogP contribution is 2.23. The van der Waals surface area contributed by atoms with Crippen molar-refractivity contribution in [3.05, 3.63) is 44.6 Å². The van der Waals surface area contributed by atoms with Crippen LogP contribution < -0.4 is 4.80 Å². The Balaban J connectivity index is 2.44. The Labute approximate surface area is 151 Å². The molecule has 0 unspecified atom stereocenters. The Kier molecular flexibility index (Phi) is 6.64. The molecule has 1 aromatic heterocycles. The normalized spacial score (nSPS) is 12.8. The quantitative estimate of drug-likeness (QED) is 0.407. The largest absolute Gasteiger partial charge is 0.269 e. The highest BCUT2D eigenvalue weighted by atomic mass is 32.1. The Morgan fingerprint density at radius 2 is 2.00 bits per heavy atom. The van der Waals surface area contributed by atoms with Crippen LogP contribution in [0.4, 0.5) is 5.69 Å². The Morgan fingerprint density at radius 3 is 2.56 bits per heavy atom. The molecule has 2 aromatic rings. The first-order valence-corrected chi connectivity index (χ1v) is 9.30. The maximum absolute atomic E-state index is 10.8. The fraction of sp³-hybridized carbons (Fsp3) is 0.444. The number of nitro benzene ring substituents is 1. The van der Waals surface area contributed by atoms with Crippen LogP contribution in [0.1, 0.15) is 40.5 Å². The van der Waals surface area contributed by atoms with Crippen LogP contribution >= 0.6 is 11.3 Å². The molecule has 1 heterocycles. The average molecular weight is 360 g/mol. The zero-order valence-corrected chi connectivity index (χ0v) is 15.9. The number of rotatable bonds is 7. The third kappa shape index (κ3) is 5.09. The molecule has 6 nitrogen and oxygen atoms in total. The Bertz CT molecular complexity index is 816. The molecule has 1 aromatic carbocycles. The summed E-state index contributed by atoms with van der Waals surface area (Å²) in [5.41, 5.74) is 2.92. The second-order valence-electron chi connectivity index (χ2n) is 6.26. The molecule has 0 spiro atoms. The van der Waals surface area contributed by atoms with Crippen LogP contribution in [-0.4, -0.2) is 21.9 Å². The molecule has 0 bridgehead atoms. The van der Waals surface area contributed by atoms with Gasteiger partial charge in [0, 0.05) is 35.3 Å². The number of thiazole rings is 1. The maximum Gasteiger partial charge on any atom is 0.269 e. The monoisotopic (exact) mass is 360 g/mol. The van der Waals surface area contributed by atoms with E-state index in [-0.39, 0.29) is 5.69 Å². The smallest absolute Gasteiger partial charge is 0.258 e. The van der Waals surface area contributed by atoms with Crippen molar-refractivity contribution in [2.24, 2.45) is 16.0 Å². The lowest BCUT2D eigenvalue weighted by atomic mass is 10.1. The van der Waals surface area contributed by atoms with Gasteiger partial charge in [-0.1, -0.05) is 13.8 Å². The summed E-state index contributed by atoms with van der Waals surface area (Å²) in [5.74, 6) is 0.631. The van der Waals surface area contributed by atoms with Gasteiger partial charge in [-0.25, -0.2) is 4.68 Å². The van der Waals surface area contributed by atoms with Gasteiger partial charge >= 0.3 is 0 Å². The predicted octanol–water partition coefficient (Wildman–Crippen LogP) is 4.71. The van der Waals surface area contributed by atoms with Crippen LogP contribution in [-0.2, 0) is 0 Å². The molecular weight excluding hydrogens is 336 g/mol. The van der Waals surface area contributed by atoms with Crippen molar-refractivity contribution in [2.45, 2.75) is 40.5 Å². The molecule has 2 rings (SSSR count). The first kappa shape index (κ1) is 19.1. The molecule has 0 saturated heterocycles. The lowest BCUT2D eigenvalue weighted by Crippen LogP contribution is -2.14. The fourth-order valence-corrected chi connectivity index (χ4v) is 3.21. The van der Waals surface area contributed by atoms with Gasteiger partial charge in [-0.15, -0.1) is 11.3 Å². The minimum absolute atomic E-state index is 0.0839. The van der Waals surface area contributed by atoms with E-state index < -0.39 is 4.92 Å². The van der Waals surface area contributed by atoms with Crippen molar-refractivity contribution in [3.63, 3.8) is 0 Å². The number of benzene rings is 1. The summed E-state index contributed by atoms with van der Waals surface area (Å²) in [7, 11) is 0. The van der Waals surface area contributed by atoms with Crippen molar-refractivity contribution in [1.29, 1.82) is 0 Å². The minimum atomic E-state index is -0.391. The van der Waals surface area contributed by atoms with Gasteiger partial charge < -0.3 is 0 Å². The van der Waals surface area contributed by atoms with E-state index in [1.807, 2.05) is 23.9 Å². The van der Waals surface area contributed by atoms with Gasteiger partial charge in [0.25, 0.3) is 5.69 Å². The standard InChI is InChI=1S/C18H24N4O2S/c1-5-19-18-21(20-14(4)7-6-13(2)3)17(12-25-18)15-8-10-16(11-9-15)22(23)24/h8-13H,5-7H2,1-4H3. The van der Waals surface area contributed by atoms with Crippen LogP contribution in [0.3, 0.4) is 0 Å². The van der Waals surface area contributed by atoms with Crippen molar-refractivity contribution in [2.75, 3.05) is 6.54 Å². The number of nitro groups is 1. The molecule has 0 aliphatic rings. The summed E-state index contributed by atoms with van der Waals surface area (Å²) >= 11 is 1.53. The predicted molar refractivity (Wildman–Crippen MR) is 103 cm³/mol. The zero-order chi connectivity index (χ0) is 18.4. The fourth-order valence-electron chi connectivity index (χ4n) is 2.31. The van der Waals surface area contributed by atoms with Gasteiger partial charge in [0.15, 0.2) is 0 Å². The van der Waals surface area contributed by atoms with Crippen LogP contribution in [0, 0.1) is 16.0 Å². The Morgan fingerprint density at radius 1 is 1.32 bits per heavy atom. The molecule has 0 N–H and O–H groups in total. The molecule has 0 aliphatic heterocycles. The van der Waals surface area contributed by atoms with Gasteiger partial charge in [0.2, 0.25) is 4.80 Å². The van der Waals surface area contributed by atoms with Gasteiger partial charge in [-0.3, -0.25) is 15.1 Å². The molecule has 0 fully saturated rings. The van der Waals surface area contributed by atoms with E-state index in [9.17, 15) is 10.1 Å². The van der Waals surface area contributed by atoms with Crippen LogP contribution in [0.25, 0.3) is 11.3 Å². The average Bonchev–Trinajstić information content (AvgIpc) is 2.96. The third-order valence-corrected chi connectivity index (χ3v) is 4.56. The Hall–Kier alpha value is -2.28. The van der Waals surface area contributed by atoms with Gasteiger partial charge in [0.05, 0.1) is 10.6 Å². The molecule has 7 heteroatoms. The van der Waals surface area contributed by atoms with Crippen LogP contribution in [0.5, 0.6) is 0 Å². The van der Waals surface area contributed by atoms with E-state index in [1.54, 1.807) is 12.1 Å². The molecule has 0 saturated carbocycles. The van der Waals surface area contributed by atoms with E-state index in [0.717, 1.165) is 34.6 Å². The summed E-state index contributed by atoms with van der Waals surface area (Å²) < 4.78 is 1.85. The number of nitrogens with zero attached hydrogens (tertiary/aromatic N) is 4. The van der Waals surface area contributed by atoms with Gasteiger partial charge in [-0.05, 0) is 44.7 Å². The van der Waals surface area contributed by atoms with Crippen LogP contribution in [0.2, 0.25) is 0 Å². The van der Waals surface area contributed by atoms with Crippen molar-refractivity contribution in [1.82, 2.24) is 4.68 Å². The lowest BCUT2D eigenvalue weighted by Gasteiger charge is -2.07. The number of hydrogen-bond acceptors (Lipinski definition) is 5. The van der Waals surface area contributed by atoms with E-state index >= 15 is 0 Å². The molecule has 0 aliphatic carbocycles. The minimum Gasteiger partial charge on any atom is -0.258 e. The van der Waals surface area contributed by atoms with Gasteiger partial charge in [0.1, 0.15) is 0 Å². The molecule has 0 atom stereocenters. The SMILES string of the molecule is CCN=c1scc(-c2ccc([N+](=O)[O-])cc2)n1N=C(C)CCC(C)C. The first-order valence-electron chi connectivity index (χ1n) is 8.42. The van der Waals surface area contributed by atoms with Gasteiger partial charge in [-0.2, -0.15) is 5.10 Å². The van der Waals surface area contributed by atoms with Crippen molar-refractivity contribution in [3.8, 4) is 11.3 Å². The molecule has 0 radical (unpaired) electrons. The van der Waals surface area contributed by atoms with E-state index in [0.29, 0.717) is 12.5 Å². The van der Waals surface area contributed by atoms with Crippen LogP contribution in [0.15, 0.2) is 39.7 Å². The summed E-state index contributed by atoms with van der Waals surface area (Å²) in [6, 6.07) is 6.55. The third-order valence-electron chi connectivity index (χ3n) is 3.71. The summed E-state index contributed by atoms with van der Waals surface area (Å²) in [6.45, 7) is 9.10. The molecule has 0 amide bonds. The first-order chi connectivity index (χ1) is 11.9. The van der Waals surface area contributed by atoms with E-state index in [1.165, 1.54) is 23.5 Å². The summed E-state index contributed by atoms with van der Waals surface area (Å²) in [6.07, 6.45) is 2.03. The molecular formula is C18H24N4O2S. The number of hydrogen-bond donors (Lipinski definition) is 0. The summed E-state index contributed by atoms with van der Waals surface area (Å²) in [4.78, 5) is 15.8. The zero-order valence-electron chi connectivity index (χ0n) is 15.1. The number of non-ortho nitro benzene ring substituents is 1. The second kappa shape index (κ2) is 8.71. The molecule has 134 valence electrons. The lowest BCUT2D eigenvalue weighted by molar-refractivity contribution is -0.384. The highest BCUT2D eigenvalue weighted by molar-refractivity contribution is 7.07. The second-order valence-corrected chi connectivity index (χ2v) is 7.10. The van der Waals surface area contributed by atoms with Crippen molar-refractivity contribution < 1.29 is 4.92 Å². The number of aromatic nitrogens is 1. The summed E-state index contributed by atoms with van der Waals surface area (Å²) in [5, 5.41) is 17.6. The maximum atomic E-state index is 10.8.